The van der Waals surface area contributed by atoms with Gasteiger partial charge in [0, 0.05) is 6.54 Å². The smallest absolute Gasteiger partial charge is 0.258 e. The lowest BCUT2D eigenvalue weighted by molar-refractivity contribution is -0.123. The van der Waals surface area contributed by atoms with Crippen molar-refractivity contribution in [2.75, 3.05) is 26.2 Å². The summed E-state index contributed by atoms with van der Waals surface area (Å²) < 4.78 is 11.6. The number of carbonyl (C=O) groups excluding carboxylic acids is 1. The molecule has 1 amide bonds. The molecule has 1 aliphatic rings. The van der Waals surface area contributed by atoms with E-state index in [0.717, 1.165) is 47.4 Å². The number of furan rings is 1. The van der Waals surface area contributed by atoms with Crippen LogP contribution in [0.5, 0.6) is 5.75 Å². The summed E-state index contributed by atoms with van der Waals surface area (Å²) in [5.74, 6) is 3.23. The highest BCUT2D eigenvalue weighted by molar-refractivity contribution is 5.77. The van der Waals surface area contributed by atoms with Crippen LogP contribution in [-0.4, -0.2) is 37.0 Å². The van der Waals surface area contributed by atoms with Crippen LogP contribution in [0.2, 0.25) is 0 Å². The van der Waals surface area contributed by atoms with Gasteiger partial charge in [-0.1, -0.05) is 19.1 Å². The van der Waals surface area contributed by atoms with Gasteiger partial charge in [-0.05, 0) is 81.9 Å². The molecule has 0 bridgehead atoms. The van der Waals surface area contributed by atoms with Gasteiger partial charge in [0.05, 0.1) is 6.04 Å². The molecule has 5 nitrogen and oxygen atoms in total. The number of piperidine rings is 1. The van der Waals surface area contributed by atoms with E-state index in [-0.39, 0.29) is 18.6 Å². The van der Waals surface area contributed by atoms with Gasteiger partial charge in [0.1, 0.15) is 17.3 Å². The fourth-order valence-corrected chi connectivity index (χ4v) is 3.67. The van der Waals surface area contributed by atoms with Crippen molar-refractivity contribution in [2.24, 2.45) is 5.92 Å². The topological polar surface area (TPSA) is 54.7 Å². The van der Waals surface area contributed by atoms with Crippen LogP contribution < -0.4 is 10.1 Å². The molecule has 2 heterocycles. The van der Waals surface area contributed by atoms with Gasteiger partial charge < -0.3 is 14.5 Å². The lowest BCUT2D eigenvalue weighted by Crippen LogP contribution is -2.42. The molecule has 1 unspecified atom stereocenters. The molecule has 1 aromatic carbocycles. The molecule has 0 aliphatic carbocycles. The molecular formula is C23H32N2O3. The Bertz CT molecular complexity index is 791. The number of nitrogens with zero attached hydrogens (tertiary/aromatic N) is 1. The zero-order chi connectivity index (χ0) is 20.1. The first-order chi connectivity index (χ1) is 13.4. The first-order valence-corrected chi connectivity index (χ1v) is 10.2. The molecule has 1 N–H and O–H groups in total. The maximum absolute atomic E-state index is 12.4. The molecule has 5 heteroatoms. The van der Waals surface area contributed by atoms with Gasteiger partial charge in [0.2, 0.25) is 0 Å². The molecule has 1 saturated heterocycles. The minimum absolute atomic E-state index is 0.0191. The maximum atomic E-state index is 12.4. The van der Waals surface area contributed by atoms with E-state index in [0.29, 0.717) is 6.54 Å². The van der Waals surface area contributed by atoms with E-state index >= 15 is 0 Å². The fraction of sp³-hybridized carbons (Fsp3) is 0.522. The van der Waals surface area contributed by atoms with Gasteiger partial charge in [-0.3, -0.25) is 9.69 Å². The van der Waals surface area contributed by atoms with Crippen LogP contribution in [0, 0.1) is 26.7 Å². The van der Waals surface area contributed by atoms with E-state index in [4.69, 9.17) is 9.15 Å². The van der Waals surface area contributed by atoms with Gasteiger partial charge >= 0.3 is 0 Å². The number of benzene rings is 1. The Morgan fingerprint density at radius 3 is 2.64 bits per heavy atom. The summed E-state index contributed by atoms with van der Waals surface area (Å²) in [4.78, 5) is 14.8. The van der Waals surface area contributed by atoms with E-state index in [1.807, 2.05) is 51.1 Å². The lowest BCUT2D eigenvalue weighted by Gasteiger charge is -2.35. The van der Waals surface area contributed by atoms with Crippen LogP contribution in [-0.2, 0) is 4.79 Å². The average Bonchev–Trinajstić information content (AvgIpc) is 3.10. The second-order valence-corrected chi connectivity index (χ2v) is 7.97. The van der Waals surface area contributed by atoms with Gasteiger partial charge in [-0.25, -0.2) is 0 Å². The molecule has 0 radical (unpaired) electrons. The maximum Gasteiger partial charge on any atom is 0.258 e. The second kappa shape index (κ2) is 9.28. The zero-order valence-electron chi connectivity index (χ0n) is 17.5. The number of carbonyl (C=O) groups is 1. The van der Waals surface area contributed by atoms with E-state index in [1.54, 1.807) is 0 Å². The van der Waals surface area contributed by atoms with Crippen molar-refractivity contribution in [2.45, 2.75) is 46.6 Å². The van der Waals surface area contributed by atoms with Gasteiger partial charge in [-0.2, -0.15) is 0 Å². The quantitative estimate of drug-likeness (QED) is 0.778. The number of likely N-dealkylation sites (tertiary alicyclic amines) is 1. The minimum atomic E-state index is -0.112. The van der Waals surface area contributed by atoms with Gasteiger partial charge in [0.25, 0.3) is 5.91 Å². The molecule has 0 saturated carbocycles. The largest absolute Gasteiger partial charge is 0.483 e. The molecule has 1 aliphatic heterocycles. The summed E-state index contributed by atoms with van der Waals surface area (Å²) in [6.07, 6.45) is 2.36. The summed E-state index contributed by atoms with van der Waals surface area (Å²) in [6, 6.07) is 9.96. The van der Waals surface area contributed by atoms with Gasteiger partial charge in [0.15, 0.2) is 6.61 Å². The molecule has 1 aromatic heterocycles. The highest BCUT2D eigenvalue weighted by Crippen LogP contribution is 2.27. The molecule has 28 heavy (non-hydrogen) atoms. The Balaban J connectivity index is 1.58. The first kappa shape index (κ1) is 20.5. The van der Waals surface area contributed by atoms with E-state index in [2.05, 4.69) is 17.1 Å². The summed E-state index contributed by atoms with van der Waals surface area (Å²) in [6.45, 7) is 10.9. The van der Waals surface area contributed by atoms with Crippen molar-refractivity contribution < 1.29 is 13.9 Å². The van der Waals surface area contributed by atoms with Crippen LogP contribution in [0.15, 0.2) is 34.7 Å². The summed E-state index contributed by atoms with van der Waals surface area (Å²) in [7, 11) is 0. The van der Waals surface area contributed by atoms with Crippen molar-refractivity contribution in [3.8, 4) is 5.75 Å². The number of rotatable bonds is 7. The van der Waals surface area contributed by atoms with Crippen LogP contribution in [0.25, 0.3) is 0 Å². The minimum Gasteiger partial charge on any atom is -0.483 e. The van der Waals surface area contributed by atoms with Gasteiger partial charge in [-0.15, -0.1) is 0 Å². The Labute approximate surface area is 168 Å². The second-order valence-electron chi connectivity index (χ2n) is 7.97. The normalized spacial score (nSPS) is 16.7. The zero-order valence-corrected chi connectivity index (χ0v) is 17.5. The molecule has 1 atom stereocenters. The third-order valence-electron chi connectivity index (χ3n) is 5.75. The number of hydrogen-bond acceptors (Lipinski definition) is 4. The molecule has 1 fully saturated rings. The summed E-state index contributed by atoms with van der Waals surface area (Å²) in [5, 5.41) is 3.04. The highest BCUT2D eigenvalue weighted by Gasteiger charge is 2.27. The summed E-state index contributed by atoms with van der Waals surface area (Å²) >= 11 is 0. The molecule has 3 rings (SSSR count). The SMILES string of the molecule is Cc1ccc(C(CNC(=O)COc2cccc(C)c2C)N2CCC(C)CC2)o1. The molecular weight excluding hydrogens is 352 g/mol. The van der Waals surface area contributed by atoms with Crippen LogP contribution in [0.4, 0.5) is 0 Å². The van der Waals surface area contributed by atoms with Crippen molar-refractivity contribution in [1.82, 2.24) is 10.2 Å². The number of ether oxygens (including phenoxy) is 1. The number of hydrogen-bond donors (Lipinski definition) is 1. The Morgan fingerprint density at radius 1 is 1.21 bits per heavy atom. The van der Waals surface area contributed by atoms with Crippen LogP contribution >= 0.6 is 0 Å². The van der Waals surface area contributed by atoms with Crippen molar-refractivity contribution in [3.63, 3.8) is 0 Å². The van der Waals surface area contributed by atoms with Crippen LogP contribution in [0.1, 0.15) is 48.5 Å². The molecule has 0 spiro atoms. The molecule has 152 valence electrons. The summed E-state index contributed by atoms with van der Waals surface area (Å²) in [5.41, 5.74) is 2.23. The predicted molar refractivity (Wildman–Crippen MR) is 111 cm³/mol. The number of nitrogens with one attached hydrogen (secondary N) is 1. The first-order valence-electron chi connectivity index (χ1n) is 10.2. The van der Waals surface area contributed by atoms with Crippen molar-refractivity contribution >= 4 is 5.91 Å². The van der Waals surface area contributed by atoms with Crippen molar-refractivity contribution in [3.05, 3.63) is 53.0 Å². The standard InChI is InChI=1S/C23H32N2O3/c1-16-10-12-25(13-11-16)20(22-9-8-18(3)28-22)14-24-23(26)15-27-21-7-5-6-17(2)19(21)4/h5-9,16,20H,10-15H2,1-4H3,(H,24,26). The van der Waals surface area contributed by atoms with Crippen molar-refractivity contribution in [1.29, 1.82) is 0 Å². The van der Waals surface area contributed by atoms with E-state index < -0.39 is 0 Å². The third-order valence-corrected chi connectivity index (χ3v) is 5.75. The number of aryl methyl sites for hydroxylation is 2. The fourth-order valence-electron chi connectivity index (χ4n) is 3.67. The predicted octanol–water partition coefficient (Wildman–Crippen LogP) is 4.17. The average molecular weight is 385 g/mol. The number of amides is 1. The Kier molecular flexibility index (Phi) is 6.79. The Morgan fingerprint density at radius 2 is 1.96 bits per heavy atom. The third kappa shape index (κ3) is 5.16. The monoisotopic (exact) mass is 384 g/mol. The molecule has 2 aromatic rings. The lowest BCUT2D eigenvalue weighted by atomic mass is 9.97. The van der Waals surface area contributed by atoms with Crippen LogP contribution in [0.3, 0.4) is 0 Å². The highest BCUT2D eigenvalue weighted by atomic mass is 16.5. The van der Waals surface area contributed by atoms with E-state index in [1.165, 1.54) is 12.8 Å². The van der Waals surface area contributed by atoms with E-state index in [9.17, 15) is 4.79 Å². The Hall–Kier alpha value is -2.27.